The Balaban J connectivity index is 1.41. The zero-order valence-electron chi connectivity index (χ0n) is 14.9. The van der Waals surface area contributed by atoms with Crippen LogP contribution in [-0.2, 0) is 13.0 Å². The molecular formula is C20H25ClN4O. The highest BCUT2D eigenvalue weighted by Crippen LogP contribution is 2.10. The fourth-order valence-electron chi connectivity index (χ4n) is 3.16. The summed E-state index contributed by atoms with van der Waals surface area (Å²) in [6.45, 7) is 5.02. The zero-order valence-corrected chi connectivity index (χ0v) is 15.7. The number of amides is 2. The molecule has 26 heavy (non-hydrogen) atoms. The lowest BCUT2D eigenvalue weighted by Crippen LogP contribution is -2.42. The van der Waals surface area contributed by atoms with Gasteiger partial charge in [0.25, 0.3) is 0 Å². The molecule has 1 N–H and O–H groups in total. The van der Waals surface area contributed by atoms with Crippen LogP contribution in [0.15, 0.2) is 48.8 Å². The van der Waals surface area contributed by atoms with Crippen LogP contribution in [0.5, 0.6) is 0 Å². The number of hydrogen-bond acceptors (Lipinski definition) is 3. The van der Waals surface area contributed by atoms with E-state index in [4.69, 9.17) is 11.6 Å². The number of halogens is 1. The number of carbonyl (C=O) groups excluding carboxylic acids is 1. The van der Waals surface area contributed by atoms with Gasteiger partial charge >= 0.3 is 6.03 Å². The molecule has 0 spiro atoms. The van der Waals surface area contributed by atoms with Gasteiger partial charge in [0, 0.05) is 56.7 Å². The number of carbonyl (C=O) groups is 1. The predicted molar refractivity (Wildman–Crippen MR) is 104 cm³/mol. The number of rotatable bonds is 5. The van der Waals surface area contributed by atoms with Crippen molar-refractivity contribution in [1.29, 1.82) is 0 Å². The normalized spacial score (nSPS) is 15.5. The van der Waals surface area contributed by atoms with Crippen LogP contribution in [0.3, 0.4) is 0 Å². The molecule has 6 heteroatoms. The first-order valence-electron chi connectivity index (χ1n) is 9.09. The molecule has 1 saturated heterocycles. The maximum Gasteiger partial charge on any atom is 0.317 e. The molecule has 0 radical (unpaired) electrons. The Hall–Kier alpha value is -2.11. The summed E-state index contributed by atoms with van der Waals surface area (Å²) in [5, 5.41) is 3.77. The van der Waals surface area contributed by atoms with Crippen molar-refractivity contribution >= 4 is 17.6 Å². The molecule has 138 valence electrons. The lowest BCUT2D eigenvalue weighted by molar-refractivity contribution is 0.198. The van der Waals surface area contributed by atoms with Gasteiger partial charge in [-0.1, -0.05) is 23.7 Å². The maximum absolute atomic E-state index is 12.4. The molecule has 1 aliphatic heterocycles. The van der Waals surface area contributed by atoms with E-state index in [0.29, 0.717) is 6.54 Å². The van der Waals surface area contributed by atoms with E-state index < -0.39 is 0 Å². The minimum absolute atomic E-state index is 0.0322. The Kier molecular flexibility index (Phi) is 6.86. The first-order chi connectivity index (χ1) is 12.7. The van der Waals surface area contributed by atoms with E-state index in [2.05, 4.69) is 15.2 Å². The van der Waals surface area contributed by atoms with Gasteiger partial charge < -0.3 is 10.2 Å². The van der Waals surface area contributed by atoms with Gasteiger partial charge in [-0.25, -0.2) is 4.79 Å². The molecule has 0 atom stereocenters. The summed E-state index contributed by atoms with van der Waals surface area (Å²) in [6.07, 6.45) is 5.46. The summed E-state index contributed by atoms with van der Waals surface area (Å²) >= 11 is 5.89. The zero-order chi connectivity index (χ0) is 18.2. The minimum atomic E-state index is 0.0322. The number of urea groups is 1. The molecule has 0 aliphatic carbocycles. The molecule has 1 fully saturated rings. The van der Waals surface area contributed by atoms with E-state index in [9.17, 15) is 4.79 Å². The van der Waals surface area contributed by atoms with Gasteiger partial charge in [0.15, 0.2) is 0 Å². The van der Waals surface area contributed by atoms with Crippen molar-refractivity contribution in [2.45, 2.75) is 19.4 Å². The second kappa shape index (κ2) is 9.55. The summed E-state index contributed by atoms with van der Waals surface area (Å²) in [6, 6.07) is 11.9. The maximum atomic E-state index is 12.4. The highest BCUT2D eigenvalue weighted by atomic mass is 35.5. The van der Waals surface area contributed by atoms with Crippen molar-refractivity contribution in [3.05, 3.63) is 64.9 Å². The monoisotopic (exact) mass is 372 g/mol. The van der Waals surface area contributed by atoms with Crippen molar-refractivity contribution in [2.75, 3.05) is 32.7 Å². The van der Waals surface area contributed by atoms with Gasteiger partial charge in [-0.2, -0.15) is 0 Å². The van der Waals surface area contributed by atoms with Crippen LogP contribution < -0.4 is 5.32 Å². The topological polar surface area (TPSA) is 48.5 Å². The molecular weight excluding hydrogens is 348 g/mol. The Labute approximate surface area is 160 Å². The van der Waals surface area contributed by atoms with Crippen molar-refractivity contribution in [3.8, 4) is 0 Å². The van der Waals surface area contributed by atoms with Crippen LogP contribution in [0.25, 0.3) is 0 Å². The molecule has 0 unspecified atom stereocenters. The van der Waals surface area contributed by atoms with Crippen LogP contribution in [0, 0.1) is 0 Å². The predicted octanol–water partition coefficient (Wildman–Crippen LogP) is 3.20. The van der Waals surface area contributed by atoms with Gasteiger partial charge in [-0.15, -0.1) is 0 Å². The van der Waals surface area contributed by atoms with Gasteiger partial charge in [0.1, 0.15) is 0 Å². The van der Waals surface area contributed by atoms with E-state index in [1.54, 1.807) is 0 Å². The Morgan fingerprint density at radius 1 is 1.00 bits per heavy atom. The molecule has 2 heterocycles. The third kappa shape index (κ3) is 5.71. The van der Waals surface area contributed by atoms with E-state index in [1.165, 1.54) is 11.1 Å². The lowest BCUT2D eigenvalue weighted by Gasteiger charge is -2.22. The first kappa shape index (κ1) is 18.7. The van der Waals surface area contributed by atoms with E-state index in [1.807, 2.05) is 53.7 Å². The summed E-state index contributed by atoms with van der Waals surface area (Å²) < 4.78 is 0. The summed E-state index contributed by atoms with van der Waals surface area (Å²) in [7, 11) is 0. The number of aromatic nitrogens is 1. The summed E-state index contributed by atoms with van der Waals surface area (Å²) in [4.78, 5) is 20.8. The van der Waals surface area contributed by atoms with Crippen LogP contribution in [0.2, 0.25) is 5.02 Å². The standard InChI is InChI=1S/C20H25ClN4O/c21-19-4-2-17(3-5-19)8-11-23-20(26)25-13-1-12-24(14-15-25)16-18-6-9-22-10-7-18/h2-7,9-10H,1,8,11-16H2,(H,23,26). The van der Waals surface area contributed by atoms with E-state index >= 15 is 0 Å². The number of benzene rings is 1. The van der Waals surface area contributed by atoms with Crippen molar-refractivity contribution in [3.63, 3.8) is 0 Å². The fraction of sp³-hybridized carbons (Fsp3) is 0.400. The van der Waals surface area contributed by atoms with Gasteiger partial charge in [-0.3, -0.25) is 9.88 Å². The van der Waals surface area contributed by atoms with Gasteiger partial charge in [-0.05, 0) is 48.2 Å². The largest absolute Gasteiger partial charge is 0.338 e. The molecule has 2 aromatic rings. The number of nitrogens with one attached hydrogen (secondary N) is 1. The van der Waals surface area contributed by atoms with Crippen LogP contribution in [0.1, 0.15) is 17.5 Å². The molecule has 5 nitrogen and oxygen atoms in total. The Morgan fingerprint density at radius 3 is 2.54 bits per heavy atom. The van der Waals surface area contributed by atoms with E-state index in [-0.39, 0.29) is 6.03 Å². The smallest absolute Gasteiger partial charge is 0.317 e. The molecule has 2 amide bonds. The number of hydrogen-bond donors (Lipinski definition) is 1. The third-order valence-electron chi connectivity index (χ3n) is 4.63. The molecule has 1 aromatic heterocycles. The molecule has 0 bridgehead atoms. The lowest BCUT2D eigenvalue weighted by atomic mass is 10.1. The SMILES string of the molecule is O=C(NCCc1ccc(Cl)cc1)N1CCCN(Cc2ccncc2)CC1. The fourth-order valence-corrected chi connectivity index (χ4v) is 3.28. The molecule has 1 aliphatic rings. The first-order valence-corrected chi connectivity index (χ1v) is 9.47. The van der Waals surface area contributed by atoms with Crippen LogP contribution >= 0.6 is 11.6 Å². The van der Waals surface area contributed by atoms with Crippen molar-refractivity contribution < 1.29 is 4.79 Å². The molecule has 1 aromatic carbocycles. The van der Waals surface area contributed by atoms with Crippen molar-refractivity contribution in [1.82, 2.24) is 20.1 Å². The Morgan fingerprint density at radius 2 is 1.77 bits per heavy atom. The van der Waals surface area contributed by atoms with Crippen LogP contribution in [-0.4, -0.2) is 53.5 Å². The highest BCUT2D eigenvalue weighted by Gasteiger charge is 2.18. The third-order valence-corrected chi connectivity index (χ3v) is 4.89. The molecule has 3 rings (SSSR count). The van der Waals surface area contributed by atoms with E-state index in [0.717, 1.165) is 50.6 Å². The molecule has 0 saturated carbocycles. The minimum Gasteiger partial charge on any atom is -0.338 e. The average Bonchev–Trinajstić information content (AvgIpc) is 2.90. The second-order valence-electron chi connectivity index (χ2n) is 6.58. The van der Waals surface area contributed by atoms with Crippen LogP contribution in [0.4, 0.5) is 4.79 Å². The summed E-state index contributed by atoms with van der Waals surface area (Å²) in [5.74, 6) is 0. The van der Waals surface area contributed by atoms with Gasteiger partial charge in [0.2, 0.25) is 0 Å². The highest BCUT2D eigenvalue weighted by molar-refractivity contribution is 6.30. The number of pyridine rings is 1. The van der Waals surface area contributed by atoms with Gasteiger partial charge in [0.05, 0.1) is 0 Å². The summed E-state index contributed by atoms with van der Waals surface area (Å²) in [5.41, 5.74) is 2.44. The quantitative estimate of drug-likeness (QED) is 0.876. The number of nitrogens with zero attached hydrogens (tertiary/aromatic N) is 3. The average molecular weight is 373 g/mol. The Bertz CT molecular complexity index is 693. The second-order valence-corrected chi connectivity index (χ2v) is 7.02. The van der Waals surface area contributed by atoms with Crippen molar-refractivity contribution in [2.24, 2.45) is 0 Å².